The first kappa shape index (κ1) is 26.9. The van der Waals surface area contributed by atoms with Crippen LogP contribution in [-0.4, -0.2) is 0 Å². The number of furan rings is 1. The molecule has 232 valence electrons. The highest BCUT2D eigenvalue weighted by Crippen LogP contribution is 2.69. The second kappa shape index (κ2) is 9.97. The van der Waals surface area contributed by atoms with E-state index in [-0.39, 0.29) is 5.41 Å². The maximum absolute atomic E-state index is 6.27. The van der Waals surface area contributed by atoms with Crippen molar-refractivity contribution < 1.29 is 4.42 Å². The lowest BCUT2D eigenvalue weighted by molar-refractivity contribution is -0.0399. The summed E-state index contributed by atoms with van der Waals surface area (Å²) in [7, 11) is 0. The van der Waals surface area contributed by atoms with E-state index < -0.39 is 0 Å². The van der Waals surface area contributed by atoms with Crippen molar-refractivity contribution in [3.8, 4) is 22.3 Å². The lowest BCUT2D eigenvalue weighted by Crippen LogP contribution is -2.55. The molecule has 4 fully saturated rings. The van der Waals surface area contributed by atoms with Crippen LogP contribution >= 0.6 is 0 Å². The lowest BCUT2D eigenvalue weighted by Gasteiger charge is -2.61. The van der Waals surface area contributed by atoms with Crippen molar-refractivity contribution in [2.75, 3.05) is 4.90 Å². The fourth-order valence-electron chi connectivity index (χ4n) is 11.0. The molecule has 5 aliphatic carbocycles. The molecule has 1 spiro atoms. The van der Waals surface area contributed by atoms with E-state index in [0.717, 1.165) is 57.0 Å². The molecule has 0 radical (unpaired) electrons. The van der Waals surface area contributed by atoms with Crippen molar-refractivity contribution in [3.63, 3.8) is 0 Å². The van der Waals surface area contributed by atoms with Crippen LogP contribution in [0.1, 0.15) is 43.2 Å². The number of anilines is 3. The van der Waals surface area contributed by atoms with Crippen LogP contribution < -0.4 is 4.90 Å². The SMILES string of the molecule is c1ccc(-c2ccc(N(c3ccc4c(c3)C3(c5ccccc5-4)C4CC5CC(C4)CC3C5)c3ccc4oc5ccccc5c4c3)cc2)cc1. The number of nitrogens with zero attached hydrogens (tertiary/aromatic N) is 1. The predicted octanol–water partition coefficient (Wildman–Crippen LogP) is 12.4. The minimum Gasteiger partial charge on any atom is -0.456 e. The van der Waals surface area contributed by atoms with Gasteiger partial charge in [0, 0.05) is 33.2 Å². The van der Waals surface area contributed by atoms with Gasteiger partial charge in [-0.05, 0) is 138 Å². The van der Waals surface area contributed by atoms with Crippen molar-refractivity contribution in [1.29, 1.82) is 0 Å². The predicted molar refractivity (Wildman–Crippen MR) is 197 cm³/mol. The van der Waals surface area contributed by atoms with Crippen LogP contribution in [0.25, 0.3) is 44.2 Å². The van der Waals surface area contributed by atoms with Crippen molar-refractivity contribution in [3.05, 3.63) is 151 Å². The van der Waals surface area contributed by atoms with E-state index in [1.807, 2.05) is 0 Å². The second-order valence-corrected chi connectivity index (χ2v) is 15.0. The van der Waals surface area contributed by atoms with Gasteiger partial charge in [-0.25, -0.2) is 0 Å². The Morgan fingerprint density at radius 2 is 1.06 bits per heavy atom. The summed E-state index contributed by atoms with van der Waals surface area (Å²) in [4.78, 5) is 2.48. The smallest absolute Gasteiger partial charge is 0.135 e. The molecule has 4 bridgehead atoms. The summed E-state index contributed by atoms with van der Waals surface area (Å²) in [6, 6.07) is 51.7. The monoisotopic (exact) mass is 619 g/mol. The lowest BCUT2D eigenvalue weighted by atomic mass is 9.43. The van der Waals surface area contributed by atoms with Gasteiger partial charge in [0.15, 0.2) is 0 Å². The molecule has 5 aliphatic rings. The first-order chi connectivity index (χ1) is 23.7. The summed E-state index contributed by atoms with van der Waals surface area (Å²) in [6.07, 6.45) is 7.02. The molecule has 0 saturated heterocycles. The van der Waals surface area contributed by atoms with Crippen LogP contribution in [-0.2, 0) is 5.41 Å². The molecule has 0 N–H and O–H groups in total. The number of benzene rings is 6. The molecule has 6 aromatic carbocycles. The topological polar surface area (TPSA) is 16.4 Å². The molecule has 7 aromatic rings. The molecule has 2 heteroatoms. The van der Waals surface area contributed by atoms with Crippen LogP contribution in [0.4, 0.5) is 17.1 Å². The van der Waals surface area contributed by atoms with Gasteiger partial charge in [-0.1, -0.05) is 91.0 Å². The minimum atomic E-state index is 0.128. The number of hydrogen-bond donors (Lipinski definition) is 0. The third-order valence-electron chi connectivity index (χ3n) is 12.6. The minimum absolute atomic E-state index is 0.128. The van der Waals surface area contributed by atoms with E-state index >= 15 is 0 Å². The maximum Gasteiger partial charge on any atom is 0.135 e. The van der Waals surface area contributed by atoms with Crippen molar-refractivity contribution >= 4 is 39.0 Å². The first-order valence-electron chi connectivity index (χ1n) is 17.9. The number of hydrogen-bond acceptors (Lipinski definition) is 2. The van der Waals surface area contributed by atoms with E-state index in [9.17, 15) is 0 Å². The standard InChI is InChI=1S/C46H37NO/c1-2-8-31(9-3-1)32-14-16-35(17-15-32)47(36-19-21-45-41(27-36)40-11-5-7-13-44(40)48-45)37-18-20-39-38-10-4-6-12-42(38)46(43(39)28-37)33-23-29-22-30(25-33)26-34(46)24-29/h1-21,27-30,33-34H,22-26H2. The number of para-hydroxylation sites is 1. The summed E-state index contributed by atoms with van der Waals surface area (Å²) < 4.78 is 6.27. The highest BCUT2D eigenvalue weighted by atomic mass is 16.3. The molecular weight excluding hydrogens is 583 g/mol. The summed E-state index contributed by atoms with van der Waals surface area (Å²) in [5, 5.41) is 2.31. The van der Waals surface area contributed by atoms with Crippen LogP contribution in [0.5, 0.6) is 0 Å². The van der Waals surface area contributed by atoms with Gasteiger partial charge in [-0.15, -0.1) is 0 Å². The molecule has 4 saturated carbocycles. The average Bonchev–Trinajstić information content (AvgIpc) is 3.64. The molecular formula is C46H37NO. The fraction of sp³-hybridized carbons (Fsp3) is 0.217. The van der Waals surface area contributed by atoms with Crippen LogP contribution in [0, 0.1) is 23.7 Å². The molecule has 0 amide bonds. The van der Waals surface area contributed by atoms with Crippen LogP contribution in [0.2, 0.25) is 0 Å². The third-order valence-corrected chi connectivity index (χ3v) is 12.6. The Morgan fingerprint density at radius 1 is 0.458 bits per heavy atom. The van der Waals surface area contributed by atoms with E-state index in [1.54, 1.807) is 11.1 Å². The summed E-state index contributed by atoms with van der Waals surface area (Å²) in [5.41, 5.74) is 14.1. The Balaban J connectivity index is 1.12. The van der Waals surface area contributed by atoms with Crippen LogP contribution in [0.3, 0.4) is 0 Å². The van der Waals surface area contributed by atoms with E-state index in [4.69, 9.17) is 4.42 Å². The Kier molecular flexibility index (Phi) is 5.59. The summed E-state index contributed by atoms with van der Waals surface area (Å²) >= 11 is 0. The summed E-state index contributed by atoms with van der Waals surface area (Å²) in [5.74, 6) is 3.32. The highest BCUT2D eigenvalue weighted by molar-refractivity contribution is 6.06. The molecule has 1 heterocycles. The Labute approximate surface area is 281 Å². The third kappa shape index (κ3) is 3.69. The van der Waals surface area contributed by atoms with Gasteiger partial charge in [0.2, 0.25) is 0 Å². The Morgan fingerprint density at radius 3 is 1.88 bits per heavy atom. The molecule has 12 rings (SSSR count). The Hall–Kier alpha value is -5.08. The maximum atomic E-state index is 6.27. The molecule has 0 atom stereocenters. The van der Waals surface area contributed by atoms with Gasteiger partial charge < -0.3 is 9.32 Å². The first-order valence-corrected chi connectivity index (χ1v) is 17.9. The van der Waals surface area contributed by atoms with Gasteiger partial charge in [-0.3, -0.25) is 0 Å². The highest BCUT2D eigenvalue weighted by Gasteiger charge is 2.61. The van der Waals surface area contributed by atoms with E-state index in [0.29, 0.717) is 0 Å². The summed E-state index contributed by atoms with van der Waals surface area (Å²) in [6.45, 7) is 0. The largest absolute Gasteiger partial charge is 0.456 e. The normalized spacial score (nSPS) is 24.8. The van der Waals surface area contributed by atoms with E-state index in [1.165, 1.54) is 60.0 Å². The van der Waals surface area contributed by atoms with Crippen molar-refractivity contribution in [2.24, 2.45) is 23.7 Å². The zero-order valence-electron chi connectivity index (χ0n) is 27.0. The molecule has 0 unspecified atom stereocenters. The van der Waals surface area contributed by atoms with E-state index in [2.05, 4.69) is 144 Å². The van der Waals surface area contributed by atoms with Gasteiger partial charge in [-0.2, -0.15) is 0 Å². The quantitative estimate of drug-likeness (QED) is 0.195. The fourth-order valence-corrected chi connectivity index (χ4v) is 11.0. The average molecular weight is 620 g/mol. The van der Waals surface area contributed by atoms with Gasteiger partial charge >= 0.3 is 0 Å². The van der Waals surface area contributed by atoms with Crippen LogP contribution in [0.15, 0.2) is 144 Å². The number of rotatable bonds is 4. The van der Waals surface area contributed by atoms with Crippen molar-refractivity contribution in [1.82, 2.24) is 0 Å². The molecule has 2 nitrogen and oxygen atoms in total. The number of fused-ring (bicyclic) bond motifs is 6. The van der Waals surface area contributed by atoms with Crippen molar-refractivity contribution in [2.45, 2.75) is 37.5 Å². The Bertz CT molecular complexity index is 2340. The molecule has 0 aliphatic heterocycles. The molecule has 1 aromatic heterocycles. The van der Waals surface area contributed by atoms with Gasteiger partial charge in [0.25, 0.3) is 0 Å². The molecule has 48 heavy (non-hydrogen) atoms. The zero-order valence-corrected chi connectivity index (χ0v) is 27.0. The zero-order chi connectivity index (χ0) is 31.4. The second-order valence-electron chi connectivity index (χ2n) is 15.0. The van der Waals surface area contributed by atoms with Gasteiger partial charge in [0.05, 0.1) is 0 Å². The van der Waals surface area contributed by atoms with Gasteiger partial charge in [0.1, 0.15) is 11.2 Å².